The number of nitrogens with zero attached hydrogens (tertiary/aromatic N) is 3. The Balaban J connectivity index is 2.03. The molecule has 1 fully saturated rings. The first-order valence-corrected chi connectivity index (χ1v) is 8.27. The van der Waals surface area contributed by atoms with Gasteiger partial charge in [-0.05, 0) is 27.7 Å². The van der Waals surface area contributed by atoms with Crippen molar-refractivity contribution in [1.29, 1.82) is 0 Å². The van der Waals surface area contributed by atoms with Crippen molar-refractivity contribution >= 4 is 40.4 Å². The van der Waals surface area contributed by atoms with Crippen molar-refractivity contribution in [3.8, 4) is 0 Å². The monoisotopic (exact) mass is 345 g/mol. The molecule has 2 heterocycles. The normalized spacial score (nSPS) is 19.2. The van der Waals surface area contributed by atoms with E-state index in [1.165, 1.54) is 11.3 Å². The van der Waals surface area contributed by atoms with Gasteiger partial charge < -0.3 is 14.5 Å². The van der Waals surface area contributed by atoms with Gasteiger partial charge in [-0.1, -0.05) is 22.9 Å². The highest BCUT2D eigenvalue weighted by atomic mass is 35.5. The molecule has 0 N–H and O–H groups in total. The lowest BCUT2D eigenvalue weighted by atomic mass is 10.2. The van der Waals surface area contributed by atoms with Crippen molar-refractivity contribution < 1.29 is 14.3 Å². The van der Waals surface area contributed by atoms with Crippen LogP contribution < -0.4 is 4.90 Å². The average Bonchev–Trinajstić information content (AvgIpc) is 2.77. The Kier molecular flexibility index (Phi) is 4.97. The van der Waals surface area contributed by atoms with E-state index in [1.807, 2.05) is 32.6 Å². The quantitative estimate of drug-likeness (QED) is 0.771. The molecule has 22 heavy (non-hydrogen) atoms. The predicted octanol–water partition coefficient (Wildman–Crippen LogP) is 3.05. The number of carbonyl (C=O) groups is 2. The Hall–Kier alpha value is -1.34. The second-order valence-corrected chi connectivity index (χ2v) is 7.61. The summed E-state index contributed by atoms with van der Waals surface area (Å²) in [5, 5.41) is 0.944. The van der Waals surface area contributed by atoms with Crippen LogP contribution in [0.2, 0.25) is 5.15 Å². The molecule has 0 aliphatic carbocycles. The topological polar surface area (TPSA) is 62.7 Å². The van der Waals surface area contributed by atoms with Crippen molar-refractivity contribution in [1.82, 2.24) is 9.88 Å². The molecular weight excluding hydrogens is 326 g/mol. The summed E-state index contributed by atoms with van der Waals surface area (Å²) in [6.07, 6.45) is 0.412. The molecule has 0 radical (unpaired) electrons. The van der Waals surface area contributed by atoms with E-state index < -0.39 is 5.60 Å². The number of aromatic nitrogens is 1. The van der Waals surface area contributed by atoms with E-state index in [2.05, 4.69) is 4.98 Å². The first-order chi connectivity index (χ1) is 10.2. The van der Waals surface area contributed by atoms with Gasteiger partial charge >= 0.3 is 6.09 Å². The van der Waals surface area contributed by atoms with E-state index in [9.17, 15) is 9.59 Å². The number of piperazine rings is 1. The van der Waals surface area contributed by atoms with E-state index in [0.29, 0.717) is 35.9 Å². The van der Waals surface area contributed by atoms with E-state index >= 15 is 0 Å². The van der Waals surface area contributed by atoms with Crippen LogP contribution in [0.25, 0.3) is 0 Å². The molecular formula is C14H20ClN3O3S. The van der Waals surface area contributed by atoms with Crippen LogP contribution in [0.15, 0.2) is 0 Å². The zero-order chi connectivity index (χ0) is 16.5. The molecule has 6 nitrogen and oxygen atoms in total. The number of hydrogen-bond donors (Lipinski definition) is 0. The van der Waals surface area contributed by atoms with Gasteiger partial charge in [-0.3, -0.25) is 4.79 Å². The number of carbonyl (C=O) groups excluding carboxylic acids is 2. The summed E-state index contributed by atoms with van der Waals surface area (Å²) in [6, 6.07) is -0.00837. The first-order valence-electron chi connectivity index (χ1n) is 7.07. The van der Waals surface area contributed by atoms with Crippen LogP contribution in [0.5, 0.6) is 0 Å². The highest BCUT2D eigenvalue weighted by molar-refractivity contribution is 7.17. The summed E-state index contributed by atoms with van der Waals surface area (Å²) in [5.41, 5.74) is -0.504. The molecule has 1 saturated heterocycles. The van der Waals surface area contributed by atoms with E-state index in [0.717, 1.165) is 0 Å². The molecule has 0 aromatic carbocycles. The molecule has 0 bridgehead atoms. The van der Waals surface area contributed by atoms with Gasteiger partial charge in [0.15, 0.2) is 16.6 Å². The van der Waals surface area contributed by atoms with E-state index in [-0.39, 0.29) is 17.3 Å². The maximum Gasteiger partial charge on any atom is 0.410 e. The molecule has 1 unspecified atom stereocenters. The largest absolute Gasteiger partial charge is 0.444 e. The van der Waals surface area contributed by atoms with Crippen LogP contribution in [0.3, 0.4) is 0 Å². The number of aldehydes is 1. The zero-order valence-corrected chi connectivity index (χ0v) is 14.7. The van der Waals surface area contributed by atoms with Crippen molar-refractivity contribution in [2.24, 2.45) is 0 Å². The van der Waals surface area contributed by atoms with Crippen LogP contribution in [-0.2, 0) is 4.74 Å². The van der Waals surface area contributed by atoms with Gasteiger partial charge in [0.2, 0.25) is 0 Å². The molecule has 2 rings (SSSR count). The molecule has 1 aromatic rings. The smallest absolute Gasteiger partial charge is 0.410 e. The number of rotatable bonds is 2. The predicted molar refractivity (Wildman–Crippen MR) is 87.1 cm³/mol. The lowest BCUT2D eigenvalue weighted by Crippen LogP contribution is -2.55. The van der Waals surface area contributed by atoms with Crippen molar-refractivity contribution in [2.45, 2.75) is 39.3 Å². The molecule has 1 atom stereocenters. The van der Waals surface area contributed by atoms with Crippen LogP contribution in [0.4, 0.5) is 9.93 Å². The Morgan fingerprint density at radius 3 is 2.64 bits per heavy atom. The molecule has 1 amide bonds. The zero-order valence-electron chi connectivity index (χ0n) is 13.1. The van der Waals surface area contributed by atoms with Gasteiger partial charge in [-0.25, -0.2) is 9.78 Å². The van der Waals surface area contributed by atoms with Crippen molar-refractivity contribution in [3.63, 3.8) is 0 Å². The Bertz CT molecular complexity index is 570. The highest BCUT2D eigenvalue weighted by Gasteiger charge is 2.32. The molecule has 1 aliphatic heterocycles. The lowest BCUT2D eigenvalue weighted by Gasteiger charge is -2.40. The van der Waals surface area contributed by atoms with Gasteiger partial charge in [0.05, 0.1) is 0 Å². The Labute approximate surface area is 139 Å². The maximum absolute atomic E-state index is 12.2. The number of anilines is 1. The second kappa shape index (κ2) is 6.42. The van der Waals surface area contributed by atoms with E-state index in [4.69, 9.17) is 16.3 Å². The minimum atomic E-state index is -0.504. The molecule has 0 saturated carbocycles. The summed E-state index contributed by atoms with van der Waals surface area (Å²) in [6.45, 7) is 9.32. The van der Waals surface area contributed by atoms with Crippen LogP contribution in [-0.4, -0.2) is 53.5 Å². The number of amides is 1. The fourth-order valence-electron chi connectivity index (χ4n) is 2.23. The molecule has 1 aliphatic rings. The molecule has 122 valence electrons. The van der Waals surface area contributed by atoms with Gasteiger partial charge in [-0.15, -0.1) is 0 Å². The SMILES string of the molecule is CC1CN(c2nc(Cl)c(C=O)s2)CCN1C(=O)OC(C)(C)C. The number of ether oxygens (including phenoxy) is 1. The number of thiazole rings is 1. The maximum atomic E-state index is 12.2. The van der Waals surface area contributed by atoms with E-state index in [1.54, 1.807) is 4.90 Å². The summed E-state index contributed by atoms with van der Waals surface area (Å²) < 4.78 is 5.42. The lowest BCUT2D eigenvalue weighted by molar-refractivity contribution is 0.0159. The third-order valence-electron chi connectivity index (χ3n) is 3.23. The summed E-state index contributed by atoms with van der Waals surface area (Å²) in [7, 11) is 0. The second-order valence-electron chi connectivity index (χ2n) is 6.24. The minimum absolute atomic E-state index is 0.00837. The fourth-order valence-corrected chi connectivity index (χ4v) is 3.33. The van der Waals surface area contributed by atoms with Gasteiger partial charge in [0, 0.05) is 25.7 Å². The van der Waals surface area contributed by atoms with Crippen molar-refractivity contribution in [3.05, 3.63) is 10.0 Å². The minimum Gasteiger partial charge on any atom is -0.444 e. The Morgan fingerprint density at radius 1 is 1.45 bits per heavy atom. The van der Waals surface area contributed by atoms with Crippen molar-refractivity contribution in [2.75, 3.05) is 24.5 Å². The molecule has 8 heteroatoms. The van der Waals surface area contributed by atoms with Crippen LogP contribution in [0, 0.1) is 0 Å². The number of hydrogen-bond acceptors (Lipinski definition) is 6. The number of halogens is 1. The fraction of sp³-hybridized carbons (Fsp3) is 0.643. The average molecular weight is 346 g/mol. The highest BCUT2D eigenvalue weighted by Crippen LogP contribution is 2.30. The third kappa shape index (κ3) is 3.89. The van der Waals surface area contributed by atoms with Gasteiger partial charge in [0.25, 0.3) is 0 Å². The van der Waals surface area contributed by atoms with Gasteiger partial charge in [0.1, 0.15) is 10.5 Å². The standard InChI is InChI=1S/C14H20ClN3O3S/c1-9-7-17(12-16-11(15)10(8-19)22-12)5-6-18(9)13(20)21-14(2,3)4/h8-9H,5-7H2,1-4H3. The Morgan fingerprint density at radius 2 is 2.14 bits per heavy atom. The summed E-state index contributed by atoms with van der Waals surface area (Å²) in [4.78, 5) is 31.4. The van der Waals surface area contributed by atoms with Crippen LogP contribution >= 0.6 is 22.9 Å². The first kappa shape index (κ1) is 17.0. The third-order valence-corrected chi connectivity index (χ3v) is 4.67. The van der Waals surface area contributed by atoms with Gasteiger partial charge in [-0.2, -0.15) is 0 Å². The molecule has 1 aromatic heterocycles. The summed E-state index contributed by atoms with van der Waals surface area (Å²) in [5.74, 6) is 0. The summed E-state index contributed by atoms with van der Waals surface area (Å²) >= 11 is 7.18. The van der Waals surface area contributed by atoms with Crippen LogP contribution in [0.1, 0.15) is 37.4 Å². The molecule has 0 spiro atoms.